The predicted octanol–water partition coefficient (Wildman–Crippen LogP) is 2.78. The van der Waals surface area contributed by atoms with Gasteiger partial charge in [0.2, 0.25) is 5.91 Å². The van der Waals surface area contributed by atoms with E-state index in [1.54, 1.807) is 7.11 Å². The summed E-state index contributed by atoms with van der Waals surface area (Å²) < 4.78 is 5.10. The molecule has 0 aromatic carbocycles. The number of rotatable bonds is 8. The van der Waals surface area contributed by atoms with Crippen molar-refractivity contribution in [3.05, 3.63) is 16.8 Å². The number of fused-ring (bicyclic) bond motifs is 1. The number of carbonyl (C=O) groups is 2. The largest absolute Gasteiger partial charge is 0.383 e. The quantitative estimate of drug-likeness (QED) is 0.644. The van der Waals surface area contributed by atoms with E-state index in [-0.39, 0.29) is 17.7 Å². The van der Waals surface area contributed by atoms with Crippen LogP contribution in [-0.4, -0.2) is 78.0 Å². The molecular formula is C21H31N5O3S. The molecule has 30 heavy (non-hydrogen) atoms. The Labute approximate surface area is 181 Å². The fourth-order valence-electron chi connectivity index (χ4n) is 3.98. The van der Waals surface area contributed by atoms with Crippen molar-refractivity contribution in [2.24, 2.45) is 5.92 Å². The van der Waals surface area contributed by atoms with Crippen LogP contribution in [0.5, 0.6) is 0 Å². The zero-order valence-electron chi connectivity index (χ0n) is 18.2. The first kappa shape index (κ1) is 22.4. The van der Waals surface area contributed by atoms with E-state index in [2.05, 4.69) is 15.3 Å². The lowest BCUT2D eigenvalue weighted by Crippen LogP contribution is -2.46. The Bertz CT molecular complexity index is 896. The Kier molecular flexibility index (Phi) is 7.60. The van der Waals surface area contributed by atoms with Gasteiger partial charge in [0.1, 0.15) is 17.0 Å². The summed E-state index contributed by atoms with van der Waals surface area (Å²) in [6, 6.07) is 0. The molecule has 9 heteroatoms. The van der Waals surface area contributed by atoms with Crippen LogP contribution in [0.25, 0.3) is 10.2 Å². The lowest BCUT2D eigenvalue weighted by molar-refractivity contribution is -0.136. The third-order valence-electron chi connectivity index (χ3n) is 5.65. The topological polar surface area (TPSA) is 87.7 Å². The summed E-state index contributed by atoms with van der Waals surface area (Å²) >= 11 is 1.40. The third kappa shape index (κ3) is 4.57. The van der Waals surface area contributed by atoms with Crippen molar-refractivity contribution in [3.63, 3.8) is 0 Å². The Morgan fingerprint density at radius 1 is 1.33 bits per heavy atom. The van der Waals surface area contributed by atoms with Gasteiger partial charge in [0.15, 0.2) is 0 Å². The van der Waals surface area contributed by atoms with Gasteiger partial charge in [-0.15, -0.1) is 11.3 Å². The van der Waals surface area contributed by atoms with Crippen molar-refractivity contribution in [2.45, 2.75) is 33.6 Å². The zero-order chi connectivity index (χ0) is 21.7. The first-order valence-electron chi connectivity index (χ1n) is 10.6. The standard InChI is InChI=1S/C21H31N5O3S/c1-5-25(6-2)20(27)15-8-7-10-26(12-15)21(28)17-14(3)16-18(22-9-11-29-4)23-13-24-19(16)30-17/h13,15H,5-12H2,1-4H3,(H,22,23,24)/t15-/m1/s1. The van der Waals surface area contributed by atoms with Crippen LogP contribution in [0.15, 0.2) is 6.33 Å². The van der Waals surface area contributed by atoms with Gasteiger partial charge in [-0.2, -0.15) is 0 Å². The van der Waals surface area contributed by atoms with Crippen molar-refractivity contribution >= 4 is 39.2 Å². The molecule has 1 aliphatic heterocycles. The van der Waals surface area contributed by atoms with Crippen molar-refractivity contribution in [2.75, 3.05) is 51.8 Å². The van der Waals surface area contributed by atoms with Crippen molar-refractivity contribution in [1.29, 1.82) is 0 Å². The van der Waals surface area contributed by atoms with E-state index in [1.165, 1.54) is 17.7 Å². The van der Waals surface area contributed by atoms with Crippen molar-refractivity contribution in [1.82, 2.24) is 19.8 Å². The summed E-state index contributed by atoms with van der Waals surface area (Å²) in [5.74, 6) is 0.734. The van der Waals surface area contributed by atoms with E-state index in [9.17, 15) is 9.59 Å². The average Bonchev–Trinajstić information content (AvgIpc) is 3.11. The molecule has 0 saturated carbocycles. The molecule has 1 saturated heterocycles. The first-order valence-corrected chi connectivity index (χ1v) is 11.4. The third-order valence-corrected chi connectivity index (χ3v) is 6.84. The number of thiophene rings is 1. The van der Waals surface area contributed by atoms with E-state index >= 15 is 0 Å². The minimum Gasteiger partial charge on any atom is -0.383 e. The fourth-order valence-corrected chi connectivity index (χ4v) is 5.10. The molecule has 3 heterocycles. The number of methoxy groups -OCH3 is 1. The molecule has 0 unspecified atom stereocenters. The number of likely N-dealkylation sites (tertiary alicyclic amines) is 1. The van der Waals surface area contributed by atoms with E-state index in [1.807, 2.05) is 30.6 Å². The van der Waals surface area contributed by atoms with Gasteiger partial charge in [0.25, 0.3) is 5.91 Å². The lowest BCUT2D eigenvalue weighted by Gasteiger charge is -2.34. The molecule has 1 atom stereocenters. The normalized spacial score (nSPS) is 16.7. The van der Waals surface area contributed by atoms with E-state index in [0.717, 1.165) is 34.4 Å². The predicted molar refractivity (Wildman–Crippen MR) is 119 cm³/mol. The van der Waals surface area contributed by atoms with Crippen LogP contribution in [0.4, 0.5) is 5.82 Å². The monoisotopic (exact) mass is 433 g/mol. The fraction of sp³-hybridized carbons (Fsp3) is 0.619. The summed E-state index contributed by atoms with van der Waals surface area (Å²) in [6.07, 6.45) is 3.20. The summed E-state index contributed by atoms with van der Waals surface area (Å²) in [7, 11) is 1.65. The number of amides is 2. The highest BCUT2D eigenvalue weighted by Gasteiger charge is 2.32. The van der Waals surface area contributed by atoms with Gasteiger partial charge in [0.05, 0.1) is 22.8 Å². The van der Waals surface area contributed by atoms with Gasteiger partial charge >= 0.3 is 0 Å². The number of aryl methyl sites for hydroxylation is 1. The van der Waals surface area contributed by atoms with Gasteiger partial charge in [-0.25, -0.2) is 9.97 Å². The molecular weight excluding hydrogens is 402 g/mol. The Hall–Kier alpha value is -2.26. The molecule has 164 valence electrons. The second kappa shape index (κ2) is 10.2. The van der Waals surface area contributed by atoms with E-state index in [0.29, 0.717) is 44.2 Å². The molecule has 0 bridgehead atoms. The smallest absolute Gasteiger partial charge is 0.264 e. The highest BCUT2D eigenvalue weighted by molar-refractivity contribution is 7.20. The molecule has 3 rings (SSSR count). The number of hydrogen-bond acceptors (Lipinski definition) is 7. The van der Waals surface area contributed by atoms with Crippen molar-refractivity contribution < 1.29 is 14.3 Å². The van der Waals surface area contributed by atoms with E-state index in [4.69, 9.17) is 4.74 Å². The van der Waals surface area contributed by atoms with Crippen LogP contribution in [0.3, 0.4) is 0 Å². The summed E-state index contributed by atoms with van der Waals surface area (Å²) in [4.78, 5) is 40.0. The SMILES string of the molecule is CCN(CC)C(=O)[C@@H]1CCCN(C(=O)c2sc3ncnc(NCCOC)c3c2C)C1. The summed E-state index contributed by atoms with van der Waals surface area (Å²) in [5, 5.41) is 4.15. The van der Waals surface area contributed by atoms with Gasteiger partial charge in [-0.3, -0.25) is 9.59 Å². The van der Waals surface area contributed by atoms with Crippen LogP contribution in [0, 0.1) is 12.8 Å². The molecule has 2 amide bonds. The van der Waals surface area contributed by atoms with Gasteiger partial charge < -0.3 is 19.9 Å². The molecule has 0 aliphatic carbocycles. The molecule has 2 aromatic heterocycles. The van der Waals surface area contributed by atoms with Crippen LogP contribution >= 0.6 is 11.3 Å². The molecule has 1 N–H and O–H groups in total. The lowest BCUT2D eigenvalue weighted by atomic mass is 9.96. The summed E-state index contributed by atoms with van der Waals surface area (Å²) in [6.45, 7) is 9.68. The van der Waals surface area contributed by atoms with Crippen molar-refractivity contribution in [3.8, 4) is 0 Å². The number of hydrogen-bond donors (Lipinski definition) is 1. The Morgan fingerprint density at radius 2 is 2.10 bits per heavy atom. The first-order chi connectivity index (χ1) is 14.5. The highest BCUT2D eigenvalue weighted by atomic mass is 32.1. The Morgan fingerprint density at radius 3 is 2.80 bits per heavy atom. The number of ether oxygens (including phenoxy) is 1. The number of nitrogens with one attached hydrogen (secondary N) is 1. The minimum absolute atomic E-state index is 0.0182. The molecule has 1 fully saturated rings. The molecule has 0 spiro atoms. The van der Waals surface area contributed by atoms with E-state index < -0.39 is 0 Å². The maximum absolute atomic E-state index is 13.4. The maximum atomic E-state index is 13.4. The van der Waals surface area contributed by atoms with Gasteiger partial charge in [-0.1, -0.05) is 0 Å². The number of nitrogens with zero attached hydrogens (tertiary/aromatic N) is 4. The average molecular weight is 434 g/mol. The second-order valence-electron chi connectivity index (χ2n) is 7.48. The number of piperidine rings is 1. The summed E-state index contributed by atoms with van der Waals surface area (Å²) in [5.41, 5.74) is 0.887. The van der Waals surface area contributed by atoms with Crippen LogP contribution in [0.1, 0.15) is 41.9 Å². The van der Waals surface area contributed by atoms with Crippen LogP contribution in [0.2, 0.25) is 0 Å². The molecule has 1 aliphatic rings. The van der Waals surface area contributed by atoms with Crippen LogP contribution in [-0.2, 0) is 9.53 Å². The maximum Gasteiger partial charge on any atom is 0.264 e. The minimum atomic E-state index is -0.122. The second-order valence-corrected chi connectivity index (χ2v) is 8.48. The number of carbonyl (C=O) groups excluding carboxylic acids is 2. The van der Waals surface area contributed by atoms with Gasteiger partial charge in [-0.05, 0) is 39.2 Å². The highest BCUT2D eigenvalue weighted by Crippen LogP contribution is 2.34. The molecule has 0 radical (unpaired) electrons. The number of anilines is 1. The van der Waals surface area contributed by atoms with Gasteiger partial charge in [0, 0.05) is 39.8 Å². The molecule has 8 nitrogen and oxygen atoms in total. The molecule has 2 aromatic rings. The number of aromatic nitrogens is 2. The Balaban J connectivity index is 1.81. The zero-order valence-corrected chi connectivity index (χ0v) is 19.0. The van der Waals surface area contributed by atoms with Crippen LogP contribution < -0.4 is 5.32 Å².